The van der Waals surface area contributed by atoms with Crippen molar-refractivity contribution in [1.82, 2.24) is 9.97 Å². The molecular formula is C42H25N3O. The fourth-order valence-corrected chi connectivity index (χ4v) is 7.13. The van der Waals surface area contributed by atoms with Gasteiger partial charge in [0, 0.05) is 38.5 Å². The lowest BCUT2D eigenvalue weighted by Gasteiger charge is -2.33. The van der Waals surface area contributed by atoms with Crippen LogP contribution in [-0.4, -0.2) is 9.97 Å². The van der Waals surface area contributed by atoms with Crippen molar-refractivity contribution < 1.29 is 4.42 Å². The van der Waals surface area contributed by atoms with Crippen molar-refractivity contribution in [3.8, 4) is 33.6 Å². The molecule has 0 saturated heterocycles. The van der Waals surface area contributed by atoms with E-state index < -0.39 is 0 Å². The maximum atomic E-state index is 6.45. The zero-order valence-corrected chi connectivity index (χ0v) is 24.7. The number of para-hydroxylation sites is 5. The first-order valence-corrected chi connectivity index (χ1v) is 15.5. The summed E-state index contributed by atoms with van der Waals surface area (Å²) in [5.41, 5.74) is 12.9. The predicted octanol–water partition coefficient (Wildman–Crippen LogP) is 11.5. The highest BCUT2D eigenvalue weighted by molar-refractivity contribution is 6.14. The number of nitrogens with zero attached hydrogens (tertiary/aromatic N) is 3. The van der Waals surface area contributed by atoms with Crippen molar-refractivity contribution in [2.24, 2.45) is 0 Å². The molecule has 4 heteroatoms. The van der Waals surface area contributed by atoms with Crippen LogP contribution in [-0.2, 0) is 0 Å². The maximum Gasteiger partial charge on any atom is 0.144 e. The summed E-state index contributed by atoms with van der Waals surface area (Å²) in [5, 5.41) is 4.68. The highest BCUT2D eigenvalue weighted by Gasteiger charge is 2.26. The van der Waals surface area contributed by atoms with Crippen molar-refractivity contribution >= 4 is 60.8 Å². The number of aromatic nitrogens is 2. The zero-order valence-electron chi connectivity index (χ0n) is 24.7. The summed E-state index contributed by atoms with van der Waals surface area (Å²) < 4.78 is 6.45. The summed E-state index contributed by atoms with van der Waals surface area (Å²) >= 11 is 0. The summed E-state index contributed by atoms with van der Waals surface area (Å²) in [6, 6.07) is 53.0. The number of rotatable bonds is 3. The van der Waals surface area contributed by atoms with Gasteiger partial charge >= 0.3 is 0 Å². The molecule has 0 saturated carbocycles. The third-order valence-electron chi connectivity index (χ3n) is 9.19. The van der Waals surface area contributed by atoms with E-state index in [1.54, 1.807) is 0 Å². The number of hydrogen-bond donors (Lipinski definition) is 0. The number of benzene rings is 7. The van der Waals surface area contributed by atoms with E-state index in [1.165, 1.54) is 33.3 Å². The van der Waals surface area contributed by atoms with Crippen molar-refractivity contribution in [3.63, 3.8) is 0 Å². The van der Waals surface area contributed by atoms with Crippen LogP contribution in [0.15, 0.2) is 156 Å². The van der Waals surface area contributed by atoms with Crippen molar-refractivity contribution in [1.29, 1.82) is 0 Å². The Morgan fingerprint density at radius 3 is 1.96 bits per heavy atom. The van der Waals surface area contributed by atoms with Crippen LogP contribution in [0.25, 0.3) is 77.4 Å². The lowest BCUT2D eigenvalue weighted by atomic mass is 9.91. The van der Waals surface area contributed by atoms with E-state index >= 15 is 0 Å². The molecule has 0 radical (unpaired) electrons. The Morgan fingerprint density at radius 1 is 0.457 bits per heavy atom. The van der Waals surface area contributed by atoms with Gasteiger partial charge in [-0.1, -0.05) is 103 Å². The molecule has 10 rings (SSSR count). The van der Waals surface area contributed by atoms with E-state index in [1.807, 2.05) is 42.5 Å². The molecular weight excluding hydrogens is 562 g/mol. The molecule has 0 spiro atoms. The van der Waals surface area contributed by atoms with Gasteiger partial charge in [-0.05, 0) is 59.5 Å². The van der Waals surface area contributed by atoms with E-state index in [0.717, 1.165) is 61.2 Å². The second-order valence-corrected chi connectivity index (χ2v) is 11.8. The quantitative estimate of drug-likeness (QED) is 0.206. The standard InChI is InChI=1S/C42H25N3O/c1-5-19-36-29(12-1)31-14-7-10-26-11-8-20-37(39(26)31)45(36)28-24-22-27(23-25-28)40-41(44-35-18-4-3-17-34(35)43-40)33-16-9-15-32-30-13-2-6-21-38(30)46-42(32)33/h1-25H. The van der Waals surface area contributed by atoms with Crippen LogP contribution in [0, 0.1) is 0 Å². The van der Waals surface area contributed by atoms with Crippen molar-refractivity contribution in [3.05, 3.63) is 152 Å². The van der Waals surface area contributed by atoms with Gasteiger partial charge in [0.15, 0.2) is 0 Å². The summed E-state index contributed by atoms with van der Waals surface area (Å²) in [6.45, 7) is 0. The molecule has 0 bridgehead atoms. The third kappa shape index (κ3) is 3.61. The van der Waals surface area contributed by atoms with Gasteiger partial charge in [0.2, 0.25) is 0 Å². The Kier molecular flexibility index (Phi) is 5.25. The monoisotopic (exact) mass is 587 g/mol. The Hall–Kier alpha value is -6.26. The van der Waals surface area contributed by atoms with Crippen LogP contribution in [0.5, 0.6) is 0 Å². The minimum absolute atomic E-state index is 0.804. The fraction of sp³-hybridized carbons (Fsp3) is 0. The summed E-state index contributed by atoms with van der Waals surface area (Å²) in [4.78, 5) is 12.8. The number of fused-ring (bicyclic) bond motifs is 6. The number of anilines is 3. The van der Waals surface area contributed by atoms with Crippen LogP contribution in [0.4, 0.5) is 17.1 Å². The molecule has 3 heterocycles. The molecule has 7 aromatic carbocycles. The Morgan fingerprint density at radius 2 is 1.09 bits per heavy atom. The molecule has 0 aliphatic carbocycles. The summed E-state index contributed by atoms with van der Waals surface area (Å²) in [5.74, 6) is 0. The molecule has 46 heavy (non-hydrogen) atoms. The first-order chi connectivity index (χ1) is 22.8. The molecule has 1 aliphatic heterocycles. The molecule has 2 aromatic heterocycles. The van der Waals surface area contributed by atoms with Crippen molar-refractivity contribution in [2.45, 2.75) is 0 Å². The van der Waals surface area contributed by atoms with Gasteiger partial charge in [0.05, 0.1) is 28.1 Å². The fourth-order valence-electron chi connectivity index (χ4n) is 7.13. The van der Waals surface area contributed by atoms with E-state index in [0.29, 0.717) is 0 Å². The molecule has 0 unspecified atom stereocenters. The molecule has 9 aromatic rings. The van der Waals surface area contributed by atoms with E-state index in [2.05, 4.69) is 114 Å². The topological polar surface area (TPSA) is 42.2 Å². The lowest BCUT2D eigenvalue weighted by molar-refractivity contribution is 0.670. The summed E-state index contributed by atoms with van der Waals surface area (Å²) in [7, 11) is 0. The SMILES string of the molecule is c1ccc2c(c1)-c1cccc3cccc(c13)N2c1ccc(-c2nc3ccccc3nc2-c2cccc3c2oc2ccccc23)cc1. The van der Waals surface area contributed by atoms with Gasteiger partial charge in [0.25, 0.3) is 0 Å². The average molecular weight is 588 g/mol. The smallest absolute Gasteiger partial charge is 0.144 e. The Bertz CT molecular complexity index is 2650. The molecule has 1 aliphatic rings. The van der Waals surface area contributed by atoms with Gasteiger partial charge in [-0.15, -0.1) is 0 Å². The first-order valence-electron chi connectivity index (χ1n) is 15.5. The largest absolute Gasteiger partial charge is 0.455 e. The molecule has 0 amide bonds. The van der Waals surface area contributed by atoms with E-state index in [4.69, 9.17) is 14.4 Å². The van der Waals surface area contributed by atoms with Crippen molar-refractivity contribution in [2.75, 3.05) is 4.90 Å². The van der Waals surface area contributed by atoms with Gasteiger partial charge in [-0.3, -0.25) is 0 Å². The Labute approximate surface area is 264 Å². The molecule has 0 atom stereocenters. The Balaban J connectivity index is 1.17. The molecule has 0 fully saturated rings. The van der Waals surface area contributed by atoms with Crippen LogP contribution < -0.4 is 4.90 Å². The highest BCUT2D eigenvalue weighted by Crippen LogP contribution is 2.51. The van der Waals surface area contributed by atoms with Crippen LogP contribution in [0.2, 0.25) is 0 Å². The normalized spacial score (nSPS) is 12.3. The van der Waals surface area contributed by atoms with Gasteiger partial charge in [-0.2, -0.15) is 0 Å². The van der Waals surface area contributed by atoms with Crippen LogP contribution >= 0.6 is 0 Å². The molecule has 214 valence electrons. The second kappa shape index (κ2) is 9.62. The second-order valence-electron chi connectivity index (χ2n) is 11.8. The van der Waals surface area contributed by atoms with Crippen LogP contribution in [0.3, 0.4) is 0 Å². The van der Waals surface area contributed by atoms with E-state index in [9.17, 15) is 0 Å². The average Bonchev–Trinajstić information content (AvgIpc) is 3.51. The van der Waals surface area contributed by atoms with Gasteiger partial charge < -0.3 is 9.32 Å². The number of furan rings is 1. The molecule has 0 N–H and O–H groups in total. The molecule has 4 nitrogen and oxygen atoms in total. The number of hydrogen-bond acceptors (Lipinski definition) is 4. The minimum Gasteiger partial charge on any atom is -0.455 e. The maximum absolute atomic E-state index is 6.45. The van der Waals surface area contributed by atoms with Crippen LogP contribution in [0.1, 0.15) is 0 Å². The lowest BCUT2D eigenvalue weighted by Crippen LogP contribution is -2.14. The zero-order chi connectivity index (χ0) is 30.2. The minimum atomic E-state index is 0.804. The van der Waals surface area contributed by atoms with E-state index in [-0.39, 0.29) is 0 Å². The van der Waals surface area contributed by atoms with Gasteiger partial charge in [0.1, 0.15) is 16.9 Å². The summed E-state index contributed by atoms with van der Waals surface area (Å²) in [6.07, 6.45) is 0. The predicted molar refractivity (Wildman–Crippen MR) is 189 cm³/mol. The highest BCUT2D eigenvalue weighted by atomic mass is 16.3. The first kappa shape index (κ1) is 25.1. The third-order valence-corrected chi connectivity index (χ3v) is 9.19. The van der Waals surface area contributed by atoms with Gasteiger partial charge in [-0.25, -0.2) is 9.97 Å².